The Labute approximate surface area is 148 Å². The van der Waals surface area contributed by atoms with Crippen LogP contribution in [0, 0.1) is 11.8 Å². The van der Waals surface area contributed by atoms with Crippen LogP contribution in [0.5, 0.6) is 0 Å². The highest BCUT2D eigenvalue weighted by Crippen LogP contribution is 2.12. The first-order chi connectivity index (χ1) is 11.4. The lowest BCUT2D eigenvalue weighted by atomic mass is 10.0. The summed E-state index contributed by atoms with van der Waals surface area (Å²) >= 11 is 0. The van der Waals surface area contributed by atoms with Crippen molar-refractivity contribution in [2.45, 2.75) is 136 Å². The van der Waals surface area contributed by atoms with Gasteiger partial charge in [0.2, 0.25) is 0 Å². The predicted octanol–water partition coefficient (Wildman–Crippen LogP) is 8.44. The minimum absolute atomic E-state index is 1.13. The average molecular weight is 321 g/mol. The topological polar surface area (TPSA) is 0 Å². The third-order valence-electron chi connectivity index (χ3n) is 4.69. The van der Waals surface area contributed by atoms with Gasteiger partial charge in [0.15, 0.2) is 0 Å². The van der Waals surface area contributed by atoms with Gasteiger partial charge in [-0.1, -0.05) is 110 Å². The fraction of sp³-hybridized carbons (Fsp3) is 0.913. The fourth-order valence-corrected chi connectivity index (χ4v) is 3.05. The minimum atomic E-state index is 1.13. The molecule has 0 saturated carbocycles. The van der Waals surface area contributed by atoms with Crippen molar-refractivity contribution >= 4 is 0 Å². The van der Waals surface area contributed by atoms with Crippen molar-refractivity contribution in [3.05, 3.63) is 0 Å². The molecule has 0 atom stereocenters. The SMILES string of the molecule is CCCCCCCC#CCCCCCCCCCCCCCC. The molecule has 0 fully saturated rings. The lowest BCUT2D eigenvalue weighted by Gasteiger charge is -2.01. The summed E-state index contributed by atoms with van der Waals surface area (Å²) in [6, 6.07) is 0. The van der Waals surface area contributed by atoms with Gasteiger partial charge in [0.1, 0.15) is 0 Å². The third-order valence-corrected chi connectivity index (χ3v) is 4.69. The van der Waals surface area contributed by atoms with Gasteiger partial charge < -0.3 is 0 Å². The van der Waals surface area contributed by atoms with E-state index < -0.39 is 0 Å². The molecule has 0 aliphatic carbocycles. The summed E-state index contributed by atoms with van der Waals surface area (Å²) in [5.74, 6) is 6.71. The Morgan fingerprint density at radius 2 is 0.609 bits per heavy atom. The molecule has 23 heavy (non-hydrogen) atoms. The Morgan fingerprint density at radius 3 is 0.913 bits per heavy atom. The largest absolute Gasteiger partial charge is 0.103 e. The summed E-state index contributed by atoms with van der Waals surface area (Å²) in [6.07, 6.45) is 26.2. The maximum absolute atomic E-state index is 3.36. The molecule has 0 heterocycles. The third kappa shape index (κ3) is 21.6. The zero-order valence-corrected chi connectivity index (χ0v) is 16.4. The summed E-state index contributed by atoms with van der Waals surface area (Å²) in [5, 5.41) is 0. The molecule has 0 heteroatoms. The molecule has 0 aromatic rings. The lowest BCUT2D eigenvalue weighted by molar-refractivity contribution is 0.545. The van der Waals surface area contributed by atoms with Crippen LogP contribution in [0.2, 0.25) is 0 Å². The standard InChI is InChI=1S/C23H44/c1-3-5-7-9-11-13-15-17-19-21-23-22-20-18-16-14-12-10-8-6-4-2/h3-15,17,19-23H2,1-2H3. The first kappa shape index (κ1) is 22.6. The molecule has 0 aromatic heterocycles. The molecule has 0 nitrogen and oxygen atoms in total. The maximum atomic E-state index is 3.36. The van der Waals surface area contributed by atoms with Gasteiger partial charge in [-0.25, -0.2) is 0 Å². The van der Waals surface area contributed by atoms with E-state index in [1.165, 1.54) is 109 Å². The predicted molar refractivity (Wildman–Crippen MR) is 107 cm³/mol. The van der Waals surface area contributed by atoms with Gasteiger partial charge in [0.05, 0.1) is 0 Å². The van der Waals surface area contributed by atoms with E-state index in [4.69, 9.17) is 0 Å². The Kier molecular flexibility index (Phi) is 21.1. The van der Waals surface area contributed by atoms with Crippen LogP contribution in [0.4, 0.5) is 0 Å². The second kappa shape index (κ2) is 21.6. The number of unbranched alkanes of at least 4 members (excludes halogenated alkanes) is 17. The van der Waals surface area contributed by atoms with Crippen LogP contribution < -0.4 is 0 Å². The summed E-state index contributed by atoms with van der Waals surface area (Å²) in [7, 11) is 0. The Bertz CT molecular complexity index is 255. The molecule has 0 aliphatic rings. The summed E-state index contributed by atoms with van der Waals surface area (Å²) in [6.45, 7) is 4.56. The van der Waals surface area contributed by atoms with Crippen molar-refractivity contribution in [1.29, 1.82) is 0 Å². The first-order valence-electron chi connectivity index (χ1n) is 10.9. The van der Waals surface area contributed by atoms with Crippen LogP contribution in [-0.2, 0) is 0 Å². The van der Waals surface area contributed by atoms with Crippen molar-refractivity contribution in [2.24, 2.45) is 0 Å². The van der Waals surface area contributed by atoms with Gasteiger partial charge >= 0.3 is 0 Å². The van der Waals surface area contributed by atoms with Crippen LogP contribution in [0.25, 0.3) is 0 Å². The molecule has 0 spiro atoms. The van der Waals surface area contributed by atoms with E-state index in [-0.39, 0.29) is 0 Å². The second-order valence-electron chi connectivity index (χ2n) is 7.16. The second-order valence-corrected chi connectivity index (χ2v) is 7.16. The number of hydrogen-bond donors (Lipinski definition) is 0. The van der Waals surface area contributed by atoms with Gasteiger partial charge in [-0.2, -0.15) is 0 Å². The average Bonchev–Trinajstić information content (AvgIpc) is 2.57. The normalized spacial score (nSPS) is 10.5. The van der Waals surface area contributed by atoms with E-state index in [0.717, 1.165) is 12.8 Å². The van der Waals surface area contributed by atoms with Gasteiger partial charge in [-0.05, 0) is 12.8 Å². The van der Waals surface area contributed by atoms with Crippen molar-refractivity contribution in [3.8, 4) is 11.8 Å². The maximum Gasteiger partial charge on any atom is 0.00886 e. The van der Waals surface area contributed by atoms with Gasteiger partial charge in [-0.15, -0.1) is 11.8 Å². The van der Waals surface area contributed by atoms with E-state index in [1.807, 2.05) is 0 Å². The fourth-order valence-electron chi connectivity index (χ4n) is 3.05. The molecule has 0 aliphatic heterocycles. The highest BCUT2D eigenvalue weighted by Gasteiger charge is 1.93. The van der Waals surface area contributed by atoms with Crippen molar-refractivity contribution in [2.75, 3.05) is 0 Å². The molecule has 0 saturated heterocycles. The summed E-state index contributed by atoms with van der Waals surface area (Å²) in [5.41, 5.74) is 0. The molecule has 0 bridgehead atoms. The highest BCUT2D eigenvalue weighted by molar-refractivity contribution is 4.98. The van der Waals surface area contributed by atoms with E-state index in [1.54, 1.807) is 0 Å². The zero-order valence-electron chi connectivity index (χ0n) is 16.4. The molecule has 0 rings (SSSR count). The van der Waals surface area contributed by atoms with Crippen LogP contribution in [0.3, 0.4) is 0 Å². The van der Waals surface area contributed by atoms with Crippen LogP contribution in [-0.4, -0.2) is 0 Å². The molecule has 0 N–H and O–H groups in total. The quantitative estimate of drug-likeness (QED) is 0.186. The Morgan fingerprint density at radius 1 is 0.348 bits per heavy atom. The smallest absolute Gasteiger partial charge is 0.00886 e. The van der Waals surface area contributed by atoms with Gasteiger partial charge in [0, 0.05) is 12.8 Å². The van der Waals surface area contributed by atoms with Crippen molar-refractivity contribution in [1.82, 2.24) is 0 Å². The Balaban J connectivity index is 3.05. The lowest BCUT2D eigenvalue weighted by Crippen LogP contribution is -1.82. The molecule has 0 amide bonds. The van der Waals surface area contributed by atoms with Gasteiger partial charge in [0.25, 0.3) is 0 Å². The van der Waals surface area contributed by atoms with E-state index in [2.05, 4.69) is 25.7 Å². The molecule has 0 radical (unpaired) electrons. The first-order valence-corrected chi connectivity index (χ1v) is 10.9. The molecular weight excluding hydrogens is 276 g/mol. The van der Waals surface area contributed by atoms with Crippen molar-refractivity contribution in [3.63, 3.8) is 0 Å². The number of hydrogen-bond acceptors (Lipinski definition) is 0. The molecule has 0 unspecified atom stereocenters. The minimum Gasteiger partial charge on any atom is -0.103 e. The zero-order chi connectivity index (χ0) is 16.8. The monoisotopic (exact) mass is 320 g/mol. The van der Waals surface area contributed by atoms with Gasteiger partial charge in [-0.3, -0.25) is 0 Å². The van der Waals surface area contributed by atoms with Crippen molar-refractivity contribution < 1.29 is 0 Å². The molecular formula is C23H44. The van der Waals surface area contributed by atoms with Crippen LogP contribution in [0.1, 0.15) is 136 Å². The highest BCUT2D eigenvalue weighted by atomic mass is 14.0. The molecule has 0 aromatic carbocycles. The summed E-state index contributed by atoms with van der Waals surface area (Å²) < 4.78 is 0. The van der Waals surface area contributed by atoms with E-state index in [9.17, 15) is 0 Å². The Hall–Kier alpha value is -0.440. The van der Waals surface area contributed by atoms with E-state index in [0.29, 0.717) is 0 Å². The molecule has 136 valence electrons. The number of rotatable bonds is 17. The van der Waals surface area contributed by atoms with Crippen LogP contribution in [0.15, 0.2) is 0 Å². The van der Waals surface area contributed by atoms with Crippen LogP contribution >= 0.6 is 0 Å². The van der Waals surface area contributed by atoms with E-state index >= 15 is 0 Å². The summed E-state index contributed by atoms with van der Waals surface area (Å²) in [4.78, 5) is 0.